The molecule has 0 bridgehead atoms. The summed E-state index contributed by atoms with van der Waals surface area (Å²) >= 11 is 0. The Labute approximate surface area is 152 Å². The molecule has 1 aromatic carbocycles. The lowest BCUT2D eigenvalue weighted by molar-refractivity contribution is -0.130. The molecule has 2 fully saturated rings. The highest BCUT2D eigenvalue weighted by atomic mass is 16.5. The number of anilines is 2. The van der Waals surface area contributed by atoms with Crippen LogP contribution < -0.4 is 15.5 Å². The van der Waals surface area contributed by atoms with E-state index < -0.39 is 11.6 Å². The summed E-state index contributed by atoms with van der Waals surface area (Å²) in [7, 11) is 0. The van der Waals surface area contributed by atoms with Crippen LogP contribution >= 0.6 is 0 Å². The molecule has 0 saturated carbocycles. The van der Waals surface area contributed by atoms with Gasteiger partial charge in [-0.2, -0.15) is 0 Å². The molecule has 2 N–H and O–H groups in total. The summed E-state index contributed by atoms with van der Waals surface area (Å²) in [5, 5.41) is 5.39. The number of nitrogens with one attached hydrogen (secondary N) is 2. The Balaban J connectivity index is 1.50. The smallest absolute Gasteiger partial charge is 0.325 e. The van der Waals surface area contributed by atoms with Crippen LogP contribution in [0, 0.1) is 0 Å². The van der Waals surface area contributed by atoms with Crippen molar-refractivity contribution >= 4 is 29.2 Å². The minimum Gasteiger partial charge on any atom is -0.378 e. The van der Waals surface area contributed by atoms with Gasteiger partial charge < -0.3 is 20.3 Å². The highest BCUT2D eigenvalue weighted by Gasteiger charge is 2.43. The van der Waals surface area contributed by atoms with Gasteiger partial charge in [0.2, 0.25) is 5.91 Å². The first kappa shape index (κ1) is 18.2. The lowest BCUT2D eigenvalue weighted by atomic mass is 10.1. The van der Waals surface area contributed by atoms with E-state index in [1.165, 1.54) is 0 Å². The van der Waals surface area contributed by atoms with Crippen molar-refractivity contribution < 1.29 is 19.1 Å². The fourth-order valence-electron chi connectivity index (χ4n) is 3.03. The molecule has 0 atom stereocenters. The average Bonchev–Trinajstić information content (AvgIpc) is 2.82. The summed E-state index contributed by atoms with van der Waals surface area (Å²) in [5.74, 6) is -0.556. The van der Waals surface area contributed by atoms with E-state index in [0.717, 1.165) is 36.9 Å². The third-order valence-electron chi connectivity index (χ3n) is 4.53. The van der Waals surface area contributed by atoms with Gasteiger partial charge in [-0.3, -0.25) is 14.5 Å². The maximum atomic E-state index is 12.1. The molecule has 2 aliphatic rings. The molecule has 0 aromatic heterocycles. The van der Waals surface area contributed by atoms with Gasteiger partial charge in [-0.1, -0.05) is 0 Å². The van der Waals surface area contributed by atoms with E-state index in [1.54, 1.807) is 13.8 Å². The summed E-state index contributed by atoms with van der Waals surface area (Å²) in [6, 6.07) is 7.16. The van der Waals surface area contributed by atoms with Crippen molar-refractivity contribution in [2.24, 2.45) is 0 Å². The zero-order chi connectivity index (χ0) is 18.7. The van der Waals surface area contributed by atoms with Crippen molar-refractivity contribution in [1.29, 1.82) is 0 Å². The molecule has 0 aliphatic carbocycles. The lowest BCUT2D eigenvalue weighted by Crippen LogP contribution is -2.40. The van der Waals surface area contributed by atoms with Gasteiger partial charge in [0.1, 0.15) is 5.54 Å². The first-order chi connectivity index (χ1) is 12.4. The third kappa shape index (κ3) is 3.96. The predicted octanol–water partition coefficient (Wildman–Crippen LogP) is 1.18. The standard InChI is InChI=1S/C18H24N4O4/c1-18(2)16(24)22(17(25)20-18)8-7-15(23)19-13-3-5-14(6-4-13)21-9-11-26-12-10-21/h3-6H,7-12H2,1-2H3,(H,19,23)(H,20,25). The topological polar surface area (TPSA) is 91.0 Å². The second kappa shape index (κ2) is 7.33. The van der Waals surface area contributed by atoms with Gasteiger partial charge in [0.05, 0.1) is 13.2 Å². The largest absolute Gasteiger partial charge is 0.378 e. The first-order valence-corrected chi connectivity index (χ1v) is 8.73. The van der Waals surface area contributed by atoms with Gasteiger partial charge in [-0.15, -0.1) is 0 Å². The molecule has 2 saturated heterocycles. The van der Waals surface area contributed by atoms with Gasteiger partial charge in [-0.25, -0.2) is 4.79 Å². The Bertz CT molecular complexity index is 696. The zero-order valence-electron chi connectivity index (χ0n) is 15.1. The zero-order valence-corrected chi connectivity index (χ0v) is 15.1. The monoisotopic (exact) mass is 360 g/mol. The van der Waals surface area contributed by atoms with E-state index in [-0.39, 0.29) is 24.8 Å². The number of hydrogen-bond acceptors (Lipinski definition) is 5. The molecule has 4 amide bonds. The van der Waals surface area contributed by atoms with Crippen molar-refractivity contribution in [3.63, 3.8) is 0 Å². The van der Waals surface area contributed by atoms with Crippen LogP contribution in [0.4, 0.5) is 16.2 Å². The fourth-order valence-corrected chi connectivity index (χ4v) is 3.03. The van der Waals surface area contributed by atoms with Crippen LogP contribution in [-0.4, -0.2) is 61.1 Å². The number of amides is 4. The minimum absolute atomic E-state index is 0.0560. The Kier molecular flexibility index (Phi) is 5.13. The Morgan fingerprint density at radius 1 is 1.19 bits per heavy atom. The number of hydrogen-bond donors (Lipinski definition) is 2. The molecule has 8 nitrogen and oxygen atoms in total. The summed E-state index contributed by atoms with van der Waals surface area (Å²) in [6.07, 6.45) is 0.0560. The Hall–Kier alpha value is -2.61. The number of morpholine rings is 1. The van der Waals surface area contributed by atoms with E-state index in [4.69, 9.17) is 4.74 Å². The molecule has 26 heavy (non-hydrogen) atoms. The minimum atomic E-state index is -0.914. The highest BCUT2D eigenvalue weighted by molar-refractivity contribution is 6.06. The van der Waals surface area contributed by atoms with Crippen LogP contribution in [0.2, 0.25) is 0 Å². The van der Waals surface area contributed by atoms with Crippen LogP contribution in [0.25, 0.3) is 0 Å². The molecular weight excluding hydrogens is 336 g/mol. The van der Waals surface area contributed by atoms with E-state index in [9.17, 15) is 14.4 Å². The summed E-state index contributed by atoms with van der Waals surface area (Å²) in [5.41, 5.74) is 0.862. The molecule has 2 heterocycles. The van der Waals surface area contributed by atoms with E-state index in [2.05, 4.69) is 15.5 Å². The van der Waals surface area contributed by atoms with Crippen LogP contribution in [0.15, 0.2) is 24.3 Å². The second-order valence-corrected chi connectivity index (χ2v) is 6.96. The second-order valence-electron chi connectivity index (χ2n) is 6.96. The molecule has 0 spiro atoms. The molecule has 2 aliphatic heterocycles. The predicted molar refractivity (Wildman–Crippen MR) is 97.0 cm³/mol. The van der Waals surface area contributed by atoms with Crippen molar-refractivity contribution in [1.82, 2.24) is 10.2 Å². The van der Waals surface area contributed by atoms with Gasteiger partial charge in [0, 0.05) is 37.4 Å². The van der Waals surface area contributed by atoms with E-state index >= 15 is 0 Å². The highest BCUT2D eigenvalue weighted by Crippen LogP contribution is 2.20. The average molecular weight is 360 g/mol. The van der Waals surface area contributed by atoms with Crippen LogP contribution in [-0.2, 0) is 14.3 Å². The molecular formula is C18H24N4O4. The number of carbonyl (C=O) groups excluding carboxylic acids is 3. The number of nitrogens with zero attached hydrogens (tertiary/aromatic N) is 2. The molecule has 3 rings (SSSR count). The van der Waals surface area contributed by atoms with Crippen molar-refractivity contribution in [2.45, 2.75) is 25.8 Å². The maximum absolute atomic E-state index is 12.1. The Morgan fingerprint density at radius 3 is 2.42 bits per heavy atom. The number of urea groups is 1. The fraction of sp³-hybridized carbons (Fsp3) is 0.500. The number of imide groups is 1. The molecule has 0 unspecified atom stereocenters. The summed E-state index contributed by atoms with van der Waals surface area (Å²) in [6.45, 7) is 6.50. The van der Waals surface area contributed by atoms with Crippen LogP contribution in [0.5, 0.6) is 0 Å². The number of ether oxygens (including phenoxy) is 1. The van der Waals surface area contributed by atoms with Gasteiger partial charge in [0.25, 0.3) is 5.91 Å². The number of benzene rings is 1. The lowest BCUT2D eigenvalue weighted by Gasteiger charge is -2.28. The summed E-state index contributed by atoms with van der Waals surface area (Å²) < 4.78 is 5.34. The third-order valence-corrected chi connectivity index (χ3v) is 4.53. The van der Waals surface area contributed by atoms with Gasteiger partial charge in [-0.05, 0) is 38.1 Å². The van der Waals surface area contributed by atoms with E-state index in [0.29, 0.717) is 5.69 Å². The molecule has 1 aromatic rings. The maximum Gasteiger partial charge on any atom is 0.325 e. The quantitative estimate of drug-likeness (QED) is 0.770. The normalized spacial score (nSPS) is 19.5. The Morgan fingerprint density at radius 2 is 1.85 bits per heavy atom. The molecule has 140 valence electrons. The SMILES string of the molecule is CC1(C)NC(=O)N(CCC(=O)Nc2ccc(N3CCOCC3)cc2)C1=O. The van der Waals surface area contributed by atoms with E-state index in [1.807, 2.05) is 24.3 Å². The van der Waals surface area contributed by atoms with Crippen LogP contribution in [0.1, 0.15) is 20.3 Å². The van der Waals surface area contributed by atoms with Crippen molar-refractivity contribution in [3.05, 3.63) is 24.3 Å². The summed E-state index contributed by atoms with van der Waals surface area (Å²) in [4.78, 5) is 39.3. The van der Waals surface area contributed by atoms with Crippen LogP contribution in [0.3, 0.4) is 0 Å². The number of carbonyl (C=O) groups is 3. The number of rotatable bonds is 5. The molecule has 0 radical (unpaired) electrons. The van der Waals surface area contributed by atoms with Gasteiger partial charge >= 0.3 is 6.03 Å². The van der Waals surface area contributed by atoms with Crippen molar-refractivity contribution in [3.8, 4) is 0 Å². The van der Waals surface area contributed by atoms with Crippen molar-refractivity contribution in [2.75, 3.05) is 43.1 Å². The van der Waals surface area contributed by atoms with Gasteiger partial charge in [0.15, 0.2) is 0 Å². The molecule has 8 heteroatoms. The first-order valence-electron chi connectivity index (χ1n) is 8.73.